The quantitative estimate of drug-likeness (QED) is 0.303. The van der Waals surface area contributed by atoms with E-state index in [1.54, 1.807) is 0 Å². The zero-order valence-corrected chi connectivity index (χ0v) is 17.4. The summed E-state index contributed by atoms with van der Waals surface area (Å²) < 4.78 is 0. The van der Waals surface area contributed by atoms with Crippen LogP contribution in [0.5, 0.6) is 0 Å². The van der Waals surface area contributed by atoms with E-state index in [2.05, 4.69) is 97.1 Å². The van der Waals surface area contributed by atoms with Crippen molar-refractivity contribution in [1.29, 1.82) is 0 Å². The third-order valence-electron chi connectivity index (χ3n) is 5.58. The molecule has 0 spiro atoms. The van der Waals surface area contributed by atoms with E-state index in [4.69, 9.17) is 9.97 Å². The smallest absolute Gasteiger partial charge is 0.0783 e. The van der Waals surface area contributed by atoms with Crippen molar-refractivity contribution in [3.63, 3.8) is 0 Å². The first-order chi connectivity index (χ1) is 15.4. The van der Waals surface area contributed by atoms with Crippen LogP contribution < -0.4 is 0 Å². The fraction of sp³-hybridized carbons (Fsp3) is 0.103. The van der Waals surface area contributed by atoms with Crippen LogP contribution in [0, 0.1) is 0 Å². The van der Waals surface area contributed by atoms with Crippen LogP contribution in [0.2, 0.25) is 0 Å². The van der Waals surface area contributed by atoms with Crippen molar-refractivity contribution in [1.82, 2.24) is 9.97 Å². The Labute approximate surface area is 183 Å². The number of rotatable bonds is 6. The molecule has 0 atom stereocenters. The van der Waals surface area contributed by atoms with Gasteiger partial charge in [-0.2, -0.15) is 0 Å². The van der Waals surface area contributed by atoms with Gasteiger partial charge in [0, 0.05) is 27.9 Å². The molecule has 0 unspecified atom stereocenters. The van der Waals surface area contributed by atoms with Gasteiger partial charge in [0.1, 0.15) is 0 Å². The molecule has 5 rings (SSSR count). The van der Waals surface area contributed by atoms with Gasteiger partial charge in [-0.05, 0) is 42.8 Å². The van der Waals surface area contributed by atoms with Gasteiger partial charge >= 0.3 is 0 Å². The number of pyridine rings is 2. The molecule has 2 aromatic heterocycles. The Hall–Kier alpha value is -3.78. The van der Waals surface area contributed by atoms with Gasteiger partial charge in [-0.3, -0.25) is 9.97 Å². The van der Waals surface area contributed by atoms with E-state index in [-0.39, 0.29) is 0 Å². The first kappa shape index (κ1) is 19.2. The van der Waals surface area contributed by atoms with E-state index < -0.39 is 0 Å². The summed E-state index contributed by atoms with van der Waals surface area (Å²) in [5.41, 5.74) is 6.69. The van der Waals surface area contributed by atoms with E-state index in [9.17, 15) is 0 Å². The maximum atomic E-state index is 5.05. The number of hydrogen-bond acceptors (Lipinski definition) is 2. The van der Waals surface area contributed by atoms with Gasteiger partial charge in [0.25, 0.3) is 0 Å². The Morgan fingerprint density at radius 1 is 0.516 bits per heavy atom. The van der Waals surface area contributed by atoms with Crippen LogP contribution in [0.1, 0.15) is 17.8 Å². The summed E-state index contributed by atoms with van der Waals surface area (Å²) in [7, 11) is 0. The Bertz CT molecular complexity index is 1290. The van der Waals surface area contributed by atoms with Crippen molar-refractivity contribution in [3.8, 4) is 22.5 Å². The van der Waals surface area contributed by atoms with Crippen molar-refractivity contribution < 1.29 is 0 Å². The molecule has 0 saturated heterocycles. The summed E-state index contributed by atoms with van der Waals surface area (Å²) >= 11 is 0. The summed E-state index contributed by atoms with van der Waals surface area (Å²) in [6.45, 7) is 0. The highest BCUT2D eigenvalue weighted by Crippen LogP contribution is 2.28. The number of aryl methyl sites for hydroxylation is 2. The molecular formula is C29H24N2. The zero-order valence-electron chi connectivity index (χ0n) is 17.4. The second-order valence-corrected chi connectivity index (χ2v) is 7.78. The molecule has 31 heavy (non-hydrogen) atoms. The van der Waals surface area contributed by atoms with Gasteiger partial charge in [0.15, 0.2) is 0 Å². The monoisotopic (exact) mass is 400 g/mol. The summed E-state index contributed by atoms with van der Waals surface area (Å²) in [6, 6.07) is 37.9. The number of fused-ring (bicyclic) bond motifs is 1. The van der Waals surface area contributed by atoms with Crippen LogP contribution in [0.4, 0.5) is 0 Å². The molecule has 150 valence electrons. The average molecular weight is 401 g/mol. The molecule has 0 radical (unpaired) electrons. The molecule has 0 aliphatic carbocycles. The molecular weight excluding hydrogens is 376 g/mol. The molecule has 5 aromatic rings. The molecule has 0 aliphatic rings. The third kappa shape index (κ3) is 4.39. The minimum Gasteiger partial charge on any atom is -0.253 e. The highest BCUT2D eigenvalue weighted by atomic mass is 14.7. The van der Waals surface area contributed by atoms with Crippen LogP contribution in [0.25, 0.3) is 33.3 Å². The lowest BCUT2D eigenvalue weighted by Crippen LogP contribution is -1.98. The maximum absolute atomic E-state index is 5.05. The number of nitrogens with zero attached hydrogens (tertiary/aromatic N) is 2. The lowest BCUT2D eigenvalue weighted by Gasteiger charge is -2.10. The molecule has 0 saturated carbocycles. The van der Waals surface area contributed by atoms with Gasteiger partial charge in [-0.1, -0.05) is 91.0 Å². The van der Waals surface area contributed by atoms with Crippen molar-refractivity contribution in [2.75, 3.05) is 0 Å². The number of hydrogen-bond donors (Lipinski definition) is 0. The Balaban J connectivity index is 1.36. The molecule has 0 bridgehead atoms. The molecule has 2 nitrogen and oxygen atoms in total. The van der Waals surface area contributed by atoms with Gasteiger partial charge in [0.05, 0.1) is 11.4 Å². The second-order valence-electron chi connectivity index (χ2n) is 7.78. The minimum atomic E-state index is 0.932. The van der Waals surface area contributed by atoms with E-state index in [0.717, 1.165) is 53.2 Å². The van der Waals surface area contributed by atoms with Gasteiger partial charge in [0.2, 0.25) is 0 Å². The highest BCUT2D eigenvalue weighted by Gasteiger charge is 2.08. The van der Waals surface area contributed by atoms with Crippen LogP contribution >= 0.6 is 0 Å². The predicted molar refractivity (Wildman–Crippen MR) is 129 cm³/mol. The van der Waals surface area contributed by atoms with E-state index in [1.807, 2.05) is 12.1 Å². The van der Waals surface area contributed by atoms with E-state index in [1.165, 1.54) is 10.8 Å². The zero-order chi connectivity index (χ0) is 20.9. The van der Waals surface area contributed by atoms with Crippen LogP contribution in [0.3, 0.4) is 0 Å². The van der Waals surface area contributed by atoms with E-state index in [0.29, 0.717) is 0 Å². The van der Waals surface area contributed by atoms with Crippen molar-refractivity contribution in [2.45, 2.75) is 19.3 Å². The third-order valence-corrected chi connectivity index (χ3v) is 5.58. The first-order valence-electron chi connectivity index (χ1n) is 10.8. The highest BCUT2D eigenvalue weighted by molar-refractivity contribution is 5.94. The number of aromatic nitrogens is 2. The summed E-state index contributed by atoms with van der Waals surface area (Å²) in [5.74, 6) is 0. The van der Waals surface area contributed by atoms with Crippen molar-refractivity contribution in [3.05, 3.63) is 121 Å². The van der Waals surface area contributed by atoms with Crippen LogP contribution in [-0.2, 0) is 12.8 Å². The molecule has 0 aliphatic heterocycles. The standard InChI is InChI=1S/C29H24N2/c1-3-11-22(12-4-1)28-20-10-17-25(30-28)16-9-18-26-21-24-15-7-8-19-27(24)29(31-26)23-13-5-2-6-14-23/h1-8,10-15,17,19-21H,9,16,18H2. The summed E-state index contributed by atoms with van der Waals surface area (Å²) in [4.78, 5) is 9.92. The van der Waals surface area contributed by atoms with Crippen molar-refractivity contribution in [2.24, 2.45) is 0 Å². The molecule has 0 amide bonds. The first-order valence-corrected chi connectivity index (χ1v) is 10.8. The van der Waals surface area contributed by atoms with Crippen LogP contribution in [0.15, 0.2) is 109 Å². The second kappa shape index (κ2) is 8.93. The van der Waals surface area contributed by atoms with Gasteiger partial charge in [-0.15, -0.1) is 0 Å². The van der Waals surface area contributed by atoms with E-state index >= 15 is 0 Å². The number of benzene rings is 3. The summed E-state index contributed by atoms with van der Waals surface area (Å²) in [6.07, 6.45) is 2.89. The van der Waals surface area contributed by atoms with Gasteiger partial charge < -0.3 is 0 Å². The largest absolute Gasteiger partial charge is 0.253 e. The normalized spacial score (nSPS) is 11.0. The molecule has 2 heterocycles. The molecule has 2 heteroatoms. The van der Waals surface area contributed by atoms with Gasteiger partial charge in [-0.25, -0.2) is 0 Å². The Morgan fingerprint density at radius 3 is 2.00 bits per heavy atom. The lowest BCUT2D eigenvalue weighted by atomic mass is 10.0. The predicted octanol–water partition coefficient (Wildman–Crippen LogP) is 7.14. The topological polar surface area (TPSA) is 25.8 Å². The SMILES string of the molecule is c1ccc(-c2cccc(CCCc3cc4ccccc4c(-c4ccccc4)n3)n2)cc1. The molecule has 0 fully saturated rings. The maximum Gasteiger partial charge on any atom is 0.0783 e. The lowest BCUT2D eigenvalue weighted by molar-refractivity contribution is 0.784. The Kier molecular flexibility index (Phi) is 5.53. The fourth-order valence-electron chi connectivity index (χ4n) is 4.04. The average Bonchev–Trinajstić information content (AvgIpc) is 2.85. The van der Waals surface area contributed by atoms with Crippen molar-refractivity contribution >= 4 is 10.8 Å². The minimum absolute atomic E-state index is 0.932. The molecule has 0 N–H and O–H groups in total. The summed E-state index contributed by atoms with van der Waals surface area (Å²) in [5, 5.41) is 2.45. The van der Waals surface area contributed by atoms with Crippen LogP contribution in [-0.4, -0.2) is 9.97 Å². The molecule has 3 aromatic carbocycles. The fourth-order valence-corrected chi connectivity index (χ4v) is 4.04. The Morgan fingerprint density at radius 2 is 1.19 bits per heavy atom.